The summed E-state index contributed by atoms with van der Waals surface area (Å²) in [6, 6.07) is 19.4. The number of amides is 2. The third kappa shape index (κ3) is 8.30. The fourth-order valence-corrected chi connectivity index (χ4v) is 6.97. The molecule has 0 bridgehead atoms. The number of methoxy groups -OCH3 is 1. The number of benzene rings is 3. The Bertz CT molecular complexity index is 1490. The maximum Gasteiger partial charge on any atom is 0.264 e. The SMILES string of the molecule is CC[C@@H](C(=O)NC1CCCCC1)N(Cc1ccc(OC)cc1)C(=O)CN(c1cccc(C)c1)S(=O)(=O)c1ccc(Cl)cc1. The lowest BCUT2D eigenvalue weighted by Crippen LogP contribution is -2.54. The summed E-state index contributed by atoms with van der Waals surface area (Å²) >= 11 is 6.04. The van der Waals surface area contributed by atoms with Gasteiger partial charge in [0, 0.05) is 17.6 Å². The molecule has 1 fully saturated rings. The van der Waals surface area contributed by atoms with Gasteiger partial charge in [0.2, 0.25) is 11.8 Å². The van der Waals surface area contributed by atoms with Crippen molar-refractivity contribution in [2.75, 3.05) is 18.0 Å². The molecule has 0 unspecified atom stereocenters. The molecule has 0 heterocycles. The van der Waals surface area contributed by atoms with Gasteiger partial charge in [0.15, 0.2) is 0 Å². The van der Waals surface area contributed by atoms with Crippen LogP contribution in [0.25, 0.3) is 0 Å². The van der Waals surface area contributed by atoms with Crippen molar-refractivity contribution >= 4 is 39.1 Å². The monoisotopic (exact) mass is 625 g/mol. The summed E-state index contributed by atoms with van der Waals surface area (Å²) in [5.74, 6) is -0.0391. The number of nitrogens with zero attached hydrogens (tertiary/aromatic N) is 2. The minimum absolute atomic E-state index is 0.00925. The predicted molar refractivity (Wildman–Crippen MR) is 170 cm³/mol. The van der Waals surface area contributed by atoms with E-state index < -0.39 is 28.5 Å². The molecule has 8 nitrogen and oxygen atoms in total. The molecule has 0 aromatic heterocycles. The molecule has 0 aliphatic heterocycles. The standard InChI is InChI=1S/C33H40ClN3O5S/c1-4-31(33(39)35-27-10-6-5-7-11-27)36(22-25-13-17-29(42-3)18-14-25)32(38)23-37(28-12-8-9-24(2)21-28)43(40,41)30-19-15-26(34)16-20-30/h8-9,12-21,27,31H,4-7,10-11,22-23H2,1-3H3,(H,35,39)/t31-/m0/s1. The van der Waals surface area contributed by atoms with Crippen molar-refractivity contribution in [1.29, 1.82) is 0 Å². The van der Waals surface area contributed by atoms with E-state index in [0.717, 1.165) is 47.5 Å². The van der Waals surface area contributed by atoms with Gasteiger partial charge in [-0.15, -0.1) is 0 Å². The first kappa shape index (κ1) is 32.4. The first-order valence-electron chi connectivity index (χ1n) is 14.7. The molecule has 43 heavy (non-hydrogen) atoms. The van der Waals surface area contributed by atoms with Gasteiger partial charge in [-0.2, -0.15) is 0 Å². The minimum atomic E-state index is -4.16. The van der Waals surface area contributed by atoms with Crippen molar-refractivity contribution in [2.24, 2.45) is 0 Å². The van der Waals surface area contributed by atoms with Crippen LogP contribution in [-0.2, 0) is 26.2 Å². The van der Waals surface area contributed by atoms with E-state index in [1.807, 2.05) is 32.0 Å². The van der Waals surface area contributed by atoms with Crippen molar-refractivity contribution in [2.45, 2.75) is 75.9 Å². The van der Waals surface area contributed by atoms with Gasteiger partial charge in [-0.25, -0.2) is 8.42 Å². The van der Waals surface area contributed by atoms with E-state index in [1.54, 1.807) is 37.4 Å². The summed E-state index contributed by atoms with van der Waals surface area (Å²) in [4.78, 5) is 29.4. The number of aryl methyl sites for hydroxylation is 1. The van der Waals surface area contributed by atoms with Crippen LogP contribution >= 0.6 is 11.6 Å². The molecule has 230 valence electrons. The molecule has 3 aromatic rings. The zero-order valence-corrected chi connectivity index (χ0v) is 26.5. The molecule has 0 spiro atoms. The van der Waals surface area contributed by atoms with Gasteiger partial charge in [-0.05, 0) is 85.8 Å². The zero-order valence-electron chi connectivity index (χ0n) is 25.0. The Morgan fingerprint density at radius 3 is 2.28 bits per heavy atom. The molecule has 0 radical (unpaired) electrons. The number of anilines is 1. The fraction of sp³-hybridized carbons (Fsp3) is 0.394. The Balaban J connectivity index is 1.70. The van der Waals surface area contributed by atoms with Gasteiger partial charge in [0.05, 0.1) is 17.7 Å². The highest BCUT2D eigenvalue weighted by Crippen LogP contribution is 2.27. The van der Waals surface area contributed by atoms with Gasteiger partial charge in [0.1, 0.15) is 18.3 Å². The number of nitrogens with one attached hydrogen (secondary N) is 1. The van der Waals surface area contributed by atoms with Crippen molar-refractivity contribution in [3.8, 4) is 5.75 Å². The van der Waals surface area contributed by atoms with Crippen LogP contribution < -0.4 is 14.4 Å². The summed E-state index contributed by atoms with van der Waals surface area (Å²) in [6.07, 6.45) is 5.47. The van der Waals surface area contributed by atoms with Crippen LogP contribution in [-0.4, -0.2) is 50.9 Å². The molecule has 1 aliphatic carbocycles. The predicted octanol–water partition coefficient (Wildman–Crippen LogP) is 6.11. The number of hydrogen-bond donors (Lipinski definition) is 1. The first-order valence-corrected chi connectivity index (χ1v) is 16.5. The summed E-state index contributed by atoms with van der Waals surface area (Å²) < 4.78 is 34.4. The average molecular weight is 626 g/mol. The Kier molecular flexibility index (Phi) is 11.1. The van der Waals surface area contributed by atoms with Crippen LogP contribution in [0, 0.1) is 6.92 Å². The topological polar surface area (TPSA) is 96.0 Å². The van der Waals surface area contributed by atoms with Crippen LogP contribution in [0.2, 0.25) is 5.02 Å². The molecule has 10 heteroatoms. The Morgan fingerprint density at radius 1 is 1.00 bits per heavy atom. The highest BCUT2D eigenvalue weighted by atomic mass is 35.5. The zero-order chi connectivity index (χ0) is 31.0. The van der Waals surface area contributed by atoms with Crippen molar-refractivity contribution in [3.63, 3.8) is 0 Å². The first-order chi connectivity index (χ1) is 20.6. The number of carbonyl (C=O) groups excluding carboxylic acids is 2. The second-order valence-electron chi connectivity index (χ2n) is 10.9. The molecule has 3 aromatic carbocycles. The molecule has 1 aliphatic rings. The minimum Gasteiger partial charge on any atom is -0.497 e. The highest BCUT2D eigenvalue weighted by Gasteiger charge is 2.34. The largest absolute Gasteiger partial charge is 0.497 e. The summed E-state index contributed by atoms with van der Waals surface area (Å²) in [7, 11) is -2.59. The lowest BCUT2D eigenvalue weighted by atomic mass is 9.95. The number of sulfonamides is 1. The van der Waals surface area contributed by atoms with E-state index in [1.165, 1.54) is 29.2 Å². The number of halogens is 1. The third-order valence-corrected chi connectivity index (χ3v) is 9.86. The number of ether oxygens (including phenoxy) is 1. The van der Waals surface area contributed by atoms with E-state index in [0.29, 0.717) is 22.9 Å². The Morgan fingerprint density at radius 2 is 1.67 bits per heavy atom. The number of carbonyl (C=O) groups is 2. The molecular formula is C33H40ClN3O5S. The van der Waals surface area contributed by atoms with Gasteiger partial charge >= 0.3 is 0 Å². The number of hydrogen-bond acceptors (Lipinski definition) is 5. The normalized spacial score (nSPS) is 14.5. The van der Waals surface area contributed by atoms with Crippen LogP contribution in [0.5, 0.6) is 5.75 Å². The molecular weight excluding hydrogens is 586 g/mol. The van der Waals surface area contributed by atoms with Crippen LogP contribution in [0.3, 0.4) is 0 Å². The Hall–Kier alpha value is -3.56. The second-order valence-corrected chi connectivity index (χ2v) is 13.2. The van der Waals surface area contributed by atoms with E-state index in [2.05, 4.69) is 5.32 Å². The quantitative estimate of drug-likeness (QED) is 0.262. The van der Waals surface area contributed by atoms with Gasteiger partial charge < -0.3 is 15.0 Å². The molecule has 1 atom stereocenters. The smallest absolute Gasteiger partial charge is 0.264 e. The van der Waals surface area contributed by atoms with Gasteiger partial charge in [-0.3, -0.25) is 13.9 Å². The van der Waals surface area contributed by atoms with Gasteiger partial charge in [0.25, 0.3) is 10.0 Å². The summed E-state index contributed by atoms with van der Waals surface area (Å²) in [6.45, 7) is 3.36. The van der Waals surface area contributed by atoms with Gasteiger partial charge in [-0.1, -0.05) is 62.1 Å². The molecule has 2 amide bonds. The van der Waals surface area contributed by atoms with Crippen LogP contribution in [0.15, 0.2) is 77.7 Å². The maximum atomic E-state index is 14.3. The van der Waals surface area contributed by atoms with E-state index in [-0.39, 0.29) is 23.4 Å². The lowest BCUT2D eigenvalue weighted by Gasteiger charge is -2.34. The molecule has 1 N–H and O–H groups in total. The maximum absolute atomic E-state index is 14.3. The van der Waals surface area contributed by atoms with Crippen molar-refractivity contribution in [3.05, 3.63) is 88.9 Å². The van der Waals surface area contributed by atoms with Crippen LogP contribution in [0.1, 0.15) is 56.6 Å². The average Bonchev–Trinajstić information content (AvgIpc) is 3.00. The van der Waals surface area contributed by atoms with E-state index >= 15 is 0 Å². The molecule has 1 saturated carbocycles. The molecule has 4 rings (SSSR count). The fourth-order valence-electron chi connectivity index (χ4n) is 5.44. The lowest BCUT2D eigenvalue weighted by molar-refractivity contribution is -0.140. The summed E-state index contributed by atoms with van der Waals surface area (Å²) in [5.41, 5.74) is 1.99. The highest BCUT2D eigenvalue weighted by molar-refractivity contribution is 7.92. The van der Waals surface area contributed by atoms with E-state index in [4.69, 9.17) is 16.3 Å². The third-order valence-electron chi connectivity index (χ3n) is 7.82. The van der Waals surface area contributed by atoms with Crippen molar-refractivity contribution in [1.82, 2.24) is 10.2 Å². The number of rotatable bonds is 12. The van der Waals surface area contributed by atoms with Crippen LogP contribution in [0.4, 0.5) is 5.69 Å². The second kappa shape index (κ2) is 14.8. The Labute approximate surface area is 260 Å². The van der Waals surface area contributed by atoms with E-state index in [9.17, 15) is 18.0 Å². The van der Waals surface area contributed by atoms with Crippen molar-refractivity contribution < 1.29 is 22.7 Å². The summed E-state index contributed by atoms with van der Waals surface area (Å²) in [5, 5.41) is 3.57. The molecule has 0 saturated heterocycles.